The Morgan fingerprint density at radius 3 is 2.11 bits per heavy atom. The van der Waals surface area contributed by atoms with Crippen LogP contribution in [0.2, 0.25) is 0 Å². The van der Waals surface area contributed by atoms with E-state index in [-0.39, 0.29) is 18.9 Å². The Hall–Kier alpha value is 0.137. The first kappa shape index (κ1) is 9.14. The third-order valence-corrected chi connectivity index (χ3v) is 1.71. The van der Waals surface area contributed by atoms with E-state index in [9.17, 15) is 0 Å². The summed E-state index contributed by atoms with van der Waals surface area (Å²) in [5, 5.41) is 9.06. The summed E-state index contributed by atoms with van der Waals surface area (Å²) >= 11 is 0. The smallest absolute Gasteiger partial charge is 0.0911 e. The monoisotopic (exact) mass is 119 g/mol. The maximum atomic E-state index is 9.06. The second kappa shape index (κ2) is 4.03. The third-order valence-electron chi connectivity index (χ3n) is 1.71. The van der Waals surface area contributed by atoms with Gasteiger partial charge in [0.2, 0.25) is 0 Å². The Morgan fingerprint density at radius 1 is 1.22 bits per heavy atom. The first-order valence-electron chi connectivity index (χ1n) is 3.18. The van der Waals surface area contributed by atoms with E-state index in [0.717, 1.165) is 12.8 Å². The normalized spacial score (nSPS) is 19.2. The molecule has 9 heavy (non-hydrogen) atoms. The van der Waals surface area contributed by atoms with Crippen LogP contribution in [-0.4, -0.2) is 24.0 Å². The van der Waals surface area contributed by atoms with Gasteiger partial charge in [0.05, 0.1) is 5.76 Å². The van der Waals surface area contributed by atoms with Crippen LogP contribution in [0.1, 0.15) is 32.6 Å². The van der Waals surface area contributed by atoms with E-state index >= 15 is 0 Å². The van der Waals surface area contributed by atoms with Gasteiger partial charge in [0.15, 0.2) is 0 Å². The van der Waals surface area contributed by atoms with Crippen LogP contribution in [0, 0.1) is 0 Å². The predicted molar refractivity (Wildman–Crippen MR) is 39.6 cm³/mol. The molecule has 0 aromatic rings. The fraction of sp³-hybridized carbons (Fsp3) is 0.714. The van der Waals surface area contributed by atoms with Gasteiger partial charge in [-0.3, -0.25) is 0 Å². The molecule has 0 unspecified atom stereocenters. The molecule has 0 aromatic heterocycles. The zero-order valence-corrected chi connectivity index (χ0v) is 6.28. The molecule has 1 radical (unpaired) electrons. The van der Waals surface area contributed by atoms with E-state index in [1.54, 1.807) is 0 Å². The third kappa shape index (κ3) is 2.47. The molecule has 0 heterocycles. The van der Waals surface area contributed by atoms with Crippen LogP contribution in [0.5, 0.6) is 0 Å². The van der Waals surface area contributed by atoms with Gasteiger partial charge in [0.1, 0.15) is 0 Å². The molecule has 0 atom stereocenters. The molecular formula is C7H12LiO. The minimum absolute atomic E-state index is 0. The summed E-state index contributed by atoms with van der Waals surface area (Å²) in [6, 6.07) is 0. The zero-order valence-electron chi connectivity index (χ0n) is 6.28. The summed E-state index contributed by atoms with van der Waals surface area (Å²) in [5.74, 6) is 0.635. The van der Waals surface area contributed by atoms with Gasteiger partial charge in [-0.15, -0.1) is 0 Å². The quantitative estimate of drug-likeness (QED) is 0.483. The molecule has 1 aliphatic carbocycles. The fourth-order valence-corrected chi connectivity index (χ4v) is 1.04. The summed E-state index contributed by atoms with van der Waals surface area (Å²) < 4.78 is 0. The average Bonchev–Trinajstić information content (AvgIpc) is 1.77. The Labute approximate surface area is 68.3 Å². The Bertz CT molecular complexity index is 104. The number of rotatable bonds is 0. The SMILES string of the molecule is CC1=C(O)CCCC1.[Li]. The van der Waals surface area contributed by atoms with Gasteiger partial charge in [-0.1, -0.05) is 0 Å². The minimum atomic E-state index is 0. The van der Waals surface area contributed by atoms with Crippen LogP contribution in [0.15, 0.2) is 11.3 Å². The number of aliphatic hydroxyl groups excluding tert-OH is 1. The molecule has 0 amide bonds. The van der Waals surface area contributed by atoms with Crippen molar-refractivity contribution in [2.75, 3.05) is 0 Å². The molecule has 47 valence electrons. The van der Waals surface area contributed by atoms with Gasteiger partial charge >= 0.3 is 0 Å². The number of aliphatic hydroxyl groups is 1. The summed E-state index contributed by atoms with van der Waals surface area (Å²) in [4.78, 5) is 0. The van der Waals surface area contributed by atoms with Crippen LogP contribution in [0.3, 0.4) is 0 Å². The molecule has 0 saturated carbocycles. The maximum Gasteiger partial charge on any atom is 0.0911 e. The summed E-state index contributed by atoms with van der Waals surface area (Å²) in [7, 11) is 0. The van der Waals surface area contributed by atoms with Crippen molar-refractivity contribution in [3.63, 3.8) is 0 Å². The van der Waals surface area contributed by atoms with E-state index < -0.39 is 0 Å². The molecule has 2 heteroatoms. The molecule has 0 aliphatic heterocycles. The predicted octanol–water partition coefficient (Wildman–Crippen LogP) is 2.01. The zero-order chi connectivity index (χ0) is 5.98. The summed E-state index contributed by atoms with van der Waals surface area (Å²) in [6.45, 7) is 2.01. The van der Waals surface area contributed by atoms with E-state index in [1.807, 2.05) is 6.92 Å². The molecular weight excluding hydrogens is 107 g/mol. The second-order valence-corrected chi connectivity index (χ2v) is 2.43. The van der Waals surface area contributed by atoms with Gasteiger partial charge in [0.25, 0.3) is 0 Å². The Morgan fingerprint density at radius 2 is 1.78 bits per heavy atom. The standard InChI is InChI=1S/C7H12O.Li/c1-6-4-2-3-5-7(6)8;/h8H,2-5H2,1H3;. The first-order valence-corrected chi connectivity index (χ1v) is 3.18. The van der Waals surface area contributed by atoms with Crippen molar-refractivity contribution in [1.29, 1.82) is 0 Å². The summed E-state index contributed by atoms with van der Waals surface area (Å²) in [6.07, 6.45) is 4.44. The number of hydrogen-bond acceptors (Lipinski definition) is 1. The molecule has 1 rings (SSSR count). The molecule has 0 spiro atoms. The molecule has 1 nitrogen and oxygen atoms in total. The average molecular weight is 119 g/mol. The van der Waals surface area contributed by atoms with E-state index in [0.29, 0.717) is 5.76 Å². The Kier molecular flexibility index (Phi) is 4.10. The van der Waals surface area contributed by atoms with Crippen LogP contribution >= 0.6 is 0 Å². The van der Waals surface area contributed by atoms with E-state index in [1.165, 1.54) is 18.4 Å². The molecule has 0 bridgehead atoms. The summed E-state index contributed by atoms with van der Waals surface area (Å²) in [5.41, 5.74) is 1.19. The van der Waals surface area contributed by atoms with E-state index in [4.69, 9.17) is 5.11 Å². The van der Waals surface area contributed by atoms with Crippen molar-refractivity contribution in [1.82, 2.24) is 0 Å². The van der Waals surface area contributed by atoms with Crippen molar-refractivity contribution in [3.8, 4) is 0 Å². The minimum Gasteiger partial charge on any atom is -0.512 e. The second-order valence-electron chi connectivity index (χ2n) is 2.43. The molecule has 0 saturated heterocycles. The molecule has 0 aromatic carbocycles. The van der Waals surface area contributed by atoms with Gasteiger partial charge < -0.3 is 5.11 Å². The Balaban J connectivity index is 0.000000640. The van der Waals surface area contributed by atoms with Crippen molar-refractivity contribution in [3.05, 3.63) is 11.3 Å². The largest absolute Gasteiger partial charge is 0.512 e. The maximum absolute atomic E-state index is 9.06. The molecule has 1 N–H and O–H groups in total. The number of allylic oxidation sites excluding steroid dienone is 2. The number of hydrogen-bond donors (Lipinski definition) is 1. The van der Waals surface area contributed by atoms with Crippen molar-refractivity contribution < 1.29 is 5.11 Å². The van der Waals surface area contributed by atoms with E-state index in [2.05, 4.69) is 0 Å². The molecule has 1 aliphatic rings. The van der Waals surface area contributed by atoms with Crippen LogP contribution in [0.25, 0.3) is 0 Å². The van der Waals surface area contributed by atoms with Gasteiger partial charge in [-0.25, -0.2) is 0 Å². The first-order chi connectivity index (χ1) is 3.80. The van der Waals surface area contributed by atoms with Crippen LogP contribution in [0.4, 0.5) is 0 Å². The van der Waals surface area contributed by atoms with Crippen molar-refractivity contribution in [2.24, 2.45) is 0 Å². The van der Waals surface area contributed by atoms with Crippen LogP contribution < -0.4 is 0 Å². The van der Waals surface area contributed by atoms with Crippen LogP contribution in [-0.2, 0) is 0 Å². The van der Waals surface area contributed by atoms with Crippen molar-refractivity contribution in [2.45, 2.75) is 32.6 Å². The topological polar surface area (TPSA) is 20.2 Å². The van der Waals surface area contributed by atoms with Crippen molar-refractivity contribution >= 4 is 18.9 Å². The van der Waals surface area contributed by atoms with Gasteiger partial charge in [-0.2, -0.15) is 0 Å². The molecule has 0 fully saturated rings. The van der Waals surface area contributed by atoms with Gasteiger partial charge in [-0.05, 0) is 31.8 Å². The fourth-order valence-electron chi connectivity index (χ4n) is 1.04. The van der Waals surface area contributed by atoms with Gasteiger partial charge in [0, 0.05) is 25.3 Å².